The Bertz CT molecular complexity index is 318. The van der Waals surface area contributed by atoms with Crippen LogP contribution in [0.25, 0.3) is 0 Å². The van der Waals surface area contributed by atoms with Crippen molar-refractivity contribution in [3.05, 3.63) is 24.3 Å². The summed E-state index contributed by atoms with van der Waals surface area (Å²) < 4.78 is 11.4. The van der Waals surface area contributed by atoms with Crippen LogP contribution in [-0.2, 0) is 0 Å². The molecule has 13 heavy (non-hydrogen) atoms. The standard InChI is InChI=1S/C11H12O2/c1-2-4-10-9(3-1)12-7-11(13-10)8-5-6-8/h1-4,8,11H,5-7H2. The quantitative estimate of drug-likeness (QED) is 0.653. The van der Waals surface area contributed by atoms with Crippen molar-refractivity contribution in [1.82, 2.24) is 0 Å². The summed E-state index contributed by atoms with van der Waals surface area (Å²) in [5.41, 5.74) is 0. The third kappa shape index (κ3) is 1.26. The van der Waals surface area contributed by atoms with E-state index in [1.54, 1.807) is 0 Å². The summed E-state index contributed by atoms with van der Waals surface area (Å²) in [5.74, 6) is 2.54. The smallest absolute Gasteiger partial charge is 0.161 e. The molecule has 1 aromatic carbocycles. The number of hydrogen-bond acceptors (Lipinski definition) is 2. The lowest BCUT2D eigenvalue weighted by Gasteiger charge is -2.26. The Kier molecular flexibility index (Phi) is 1.48. The van der Waals surface area contributed by atoms with E-state index < -0.39 is 0 Å². The molecule has 2 heteroatoms. The lowest BCUT2D eigenvalue weighted by molar-refractivity contribution is 0.0757. The summed E-state index contributed by atoms with van der Waals surface area (Å²) in [7, 11) is 0. The Labute approximate surface area is 77.5 Å². The molecule has 1 aliphatic heterocycles. The molecule has 0 bridgehead atoms. The van der Waals surface area contributed by atoms with E-state index in [0.717, 1.165) is 24.0 Å². The minimum Gasteiger partial charge on any atom is -0.486 e. The molecule has 0 amide bonds. The van der Waals surface area contributed by atoms with Crippen LogP contribution in [-0.4, -0.2) is 12.7 Å². The molecule has 0 saturated heterocycles. The second kappa shape index (κ2) is 2.66. The molecule has 1 aromatic rings. The zero-order chi connectivity index (χ0) is 8.67. The molecule has 3 rings (SSSR count). The molecule has 1 unspecified atom stereocenters. The third-order valence-electron chi connectivity index (χ3n) is 2.68. The van der Waals surface area contributed by atoms with Crippen LogP contribution >= 0.6 is 0 Å². The minimum absolute atomic E-state index is 0.301. The summed E-state index contributed by atoms with van der Waals surface area (Å²) in [6, 6.07) is 7.89. The van der Waals surface area contributed by atoms with Crippen LogP contribution in [0.3, 0.4) is 0 Å². The molecule has 68 valence electrons. The zero-order valence-electron chi connectivity index (χ0n) is 7.40. The van der Waals surface area contributed by atoms with Gasteiger partial charge in [0.05, 0.1) is 0 Å². The topological polar surface area (TPSA) is 18.5 Å². The van der Waals surface area contributed by atoms with Gasteiger partial charge >= 0.3 is 0 Å². The van der Waals surface area contributed by atoms with Crippen molar-refractivity contribution in [1.29, 1.82) is 0 Å². The average Bonchev–Trinajstić information content (AvgIpc) is 3.00. The summed E-state index contributed by atoms with van der Waals surface area (Å²) in [6.07, 6.45) is 2.90. The van der Waals surface area contributed by atoms with Gasteiger partial charge in [-0.3, -0.25) is 0 Å². The van der Waals surface area contributed by atoms with E-state index >= 15 is 0 Å². The maximum Gasteiger partial charge on any atom is 0.161 e. The van der Waals surface area contributed by atoms with Crippen molar-refractivity contribution >= 4 is 0 Å². The molecule has 0 aromatic heterocycles. The van der Waals surface area contributed by atoms with Gasteiger partial charge in [-0.05, 0) is 30.9 Å². The molecule has 1 heterocycles. The van der Waals surface area contributed by atoms with Gasteiger partial charge in [0.15, 0.2) is 11.5 Å². The second-order valence-electron chi connectivity index (χ2n) is 3.75. The van der Waals surface area contributed by atoms with Crippen molar-refractivity contribution in [3.8, 4) is 11.5 Å². The third-order valence-corrected chi connectivity index (χ3v) is 2.68. The zero-order valence-corrected chi connectivity index (χ0v) is 7.40. The molecule has 0 spiro atoms. The van der Waals surface area contributed by atoms with Crippen LogP contribution in [0.2, 0.25) is 0 Å². The highest BCUT2D eigenvalue weighted by Crippen LogP contribution is 2.40. The Hall–Kier alpha value is -1.18. The van der Waals surface area contributed by atoms with Crippen LogP contribution in [0.4, 0.5) is 0 Å². The highest BCUT2D eigenvalue weighted by Gasteiger charge is 2.35. The van der Waals surface area contributed by atoms with Crippen molar-refractivity contribution < 1.29 is 9.47 Å². The lowest BCUT2D eigenvalue weighted by atomic mass is 10.2. The molecule has 0 N–H and O–H groups in total. The van der Waals surface area contributed by atoms with Crippen LogP contribution in [0.15, 0.2) is 24.3 Å². The van der Waals surface area contributed by atoms with Crippen molar-refractivity contribution in [2.45, 2.75) is 18.9 Å². The van der Waals surface area contributed by atoms with Crippen molar-refractivity contribution in [2.75, 3.05) is 6.61 Å². The highest BCUT2D eigenvalue weighted by molar-refractivity contribution is 5.40. The Morgan fingerprint density at radius 2 is 1.85 bits per heavy atom. The predicted octanol–water partition coefficient (Wildman–Crippen LogP) is 2.24. The van der Waals surface area contributed by atoms with E-state index in [1.165, 1.54) is 12.8 Å². The fourth-order valence-electron chi connectivity index (χ4n) is 1.74. The first-order valence-electron chi connectivity index (χ1n) is 4.82. The van der Waals surface area contributed by atoms with E-state index in [4.69, 9.17) is 9.47 Å². The lowest BCUT2D eigenvalue weighted by Crippen LogP contribution is -2.30. The summed E-state index contributed by atoms with van der Waals surface area (Å²) in [4.78, 5) is 0. The van der Waals surface area contributed by atoms with E-state index in [1.807, 2.05) is 24.3 Å². The van der Waals surface area contributed by atoms with Gasteiger partial charge in [0.2, 0.25) is 0 Å². The van der Waals surface area contributed by atoms with E-state index in [2.05, 4.69) is 0 Å². The SMILES string of the molecule is c1ccc2c(c1)OCC(C1CC1)O2. The Balaban J connectivity index is 1.85. The first-order valence-corrected chi connectivity index (χ1v) is 4.82. The minimum atomic E-state index is 0.301. The molecule has 1 atom stereocenters. The van der Waals surface area contributed by atoms with Crippen LogP contribution in [0.1, 0.15) is 12.8 Å². The monoisotopic (exact) mass is 176 g/mol. The normalized spacial score (nSPS) is 25.7. The number of ether oxygens (including phenoxy) is 2. The molecule has 2 aliphatic rings. The predicted molar refractivity (Wildman–Crippen MR) is 49.1 cm³/mol. The van der Waals surface area contributed by atoms with Crippen LogP contribution in [0, 0.1) is 5.92 Å². The molecular weight excluding hydrogens is 164 g/mol. The number of rotatable bonds is 1. The molecule has 1 aliphatic carbocycles. The fourth-order valence-corrected chi connectivity index (χ4v) is 1.74. The largest absolute Gasteiger partial charge is 0.486 e. The van der Waals surface area contributed by atoms with Gasteiger partial charge in [-0.15, -0.1) is 0 Å². The van der Waals surface area contributed by atoms with Gasteiger partial charge in [0.1, 0.15) is 12.7 Å². The van der Waals surface area contributed by atoms with E-state index in [-0.39, 0.29) is 0 Å². The first kappa shape index (κ1) is 7.25. The Morgan fingerprint density at radius 3 is 2.62 bits per heavy atom. The van der Waals surface area contributed by atoms with Crippen LogP contribution in [0.5, 0.6) is 11.5 Å². The summed E-state index contributed by atoms with van der Waals surface area (Å²) >= 11 is 0. The van der Waals surface area contributed by atoms with Gasteiger partial charge in [0, 0.05) is 0 Å². The van der Waals surface area contributed by atoms with Gasteiger partial charge in [-0.1, -0.05) is 12.1 Å². The van der Waals surface area contributed by atoms with Crippen LogP contribution < -0.4 is 9.47 Å². The molecule has 1 saturated carbocycles. The average molecular weight is 176 g/mol. The van der Waals surface area contributed by atoms with Gasteiger partial charge in [-0.25, -0.2) is 0 Å². The maximum absolute atomic E-state index is 5.83. The van der Waals surface area contributed by atoms with Crippen molar-refractivity contribution in [2.24, 2.45) is 5.92 Å². The van der Waals surface area contributed by atoms with Crippen molar-refractivity contribution in [3.63, 3.8) is 0 Å². The Morgan fingerprint density at radius 1 is 1.08 bits per heavy atom. The van der Waals surface area contributed by atoms with Gasteiger partial charge in [0.25, 0.3) is 0 Å². The molecule has 0 radical (unpaired) electrons. The number of hydrogen-bond donors (Lipinski definition) is 0. The number of fused-ring (bicyclic) bond motifs is 1. The summed E-state index contributed by atoms with van der Waals surface area (Å²) in [5, 5.41) is 0. The maximum atomic E-state index is 5.83. The van der Waals surface area contributed by atoms with Gasteiger partial charge in [-0.2, -0.15) is 0 Å². The van der Waals surface area contributed by atoms with Gasteiger partial charge < -0.3 is 9.47 Å². The molecular formula is C11H12O2. The highest BCUT2D eigenvalue weighted by atomic mass is 16.6. The van der Waals surface area contributed by atoms with E-state index in [9.17, 15) is 0 Å². The fraction of sp³-hybridized carbons (Fsp3) is 0.455. The second-order valence-corrected chi connectivity index (χ2v) is 3.75. The molecule has 1 fully saturated rings. The number of benzene rings is 1. The molecule has 2 nitrogen and oxygen atoms in total. The summed E-state index contributed by atoms with van der Waals surface area (Å²) in [6.45, 7) is 0.724. The van der Waals surface area contributed by atoms with E-state index in [0.29, 0.717) is 6.10 Å². The number of para-hydroxylation sites is 2. The first-order chi connectivity index (χ1) is 6.43.